The number of rotatable bonds is 10. The number of nitrogens with zero attached hydrogens (tertiary/aromatic N) is 1. The van der Waals surface area contributed by atoms with Gasteiger partial charge in [0.25, 0.3) is 0 Å². The molecule has 1 amide bonds. The topological polar surface area (TPSA) is 84.0 Å². The average molecular weight is 492 g/mol. The highest BCUT2D eigenvalue weighted by Crippen LogP contribution is 2.26. The van der Waals surface area contributed by atoms with E-state index in [2.05, 4.69) is 20.9 Å². The molecule has 0 radical (unpaired) electrons. The Labute approximate surface area is 179 Å². The predicted octanol–water partition coefficient (Wildman–Crippen LogP) is 2.55. The van der Waals surface area contributed by atoms with Crippen LogP contribution in [0.25, 0.3) is 0 Å². The van der Waals surface area contributed by atoms with Crippen LogP contribution in [-0.2, 0) is 4.79 Å². The van der Waals surface area contributed by atoms with Crippen molar-refractivity contribution in [2.75, 3.05) is 27.2 Å². The lowest BCUT2D eigenvalue weighted by Crippen LogP contribution is -2.43. The molecule has 1 aromatic carbocycles. The van der Waals surface area contributed by atoms with Gasteiger partial charge in [-0.3, -0.25) is 9.79 Å². The lowest BCUT2D eigenvalue weighted by molar-refractivity contribution is -0.121. The Hall–Kier alpha value is -1.71. The Kier molecular flexibility index (Phi) is 13.5. The van der Waals surface area contributed by atoms with Crippen LogP contribution in [0.5, 0.6) is 11.5 Å². The third kappa shape index (κ3) is 10.3. The number of benzene rings is 1. The molecule has 0 spiro atoms. The Morgan fingerprint density at radius 1 is 1.19 bits per heavy atom. The smallest absolute Gasteiger partial charge is 0.221 e. The van der Waals surface area contributed by atoms with Crippen molar-refractivity contribution in [2.24, 2.45) is 4.99 Å². The first-order chi connectivity index (χ1) is 12.5. The number of para-hydroxylation sites is 2. The summed E-state index contributed by atoms with van der Waals surface area (Å²) in [4.78, 5) is 15.9. The number of hydrogen-bond acceptors (Lipinski definition) is 4. The SMILES string of the molecule is CCC(C)NC(=O)CCNC(=NC)NCC(C)Oc1ccccc1OC.I. The highest BCUT2D eigenvalue weighted by atomic mass is 127. The zero-order chi connectivity index (χ0) is 19.4. The van der Waals surface area contributed by atoms with E-state index in [0.717, 1.165) is 6.42 Å². The number of carbonyl (C=O) groups excluding carboxylic acids is 1. The fourth-order valence-corrected chi connectivity index (χ4v) is 2.18. The van der Waals surface area contributed by atoms with E-state index in [1.54, 1.807) is 14.2 Å². The van der Waals surface area contributed by atoms with Gasteiger partial charge in [0, 0.05) is 26.1 Å². The summed E-state index contributed by atoms with van der Waals surface area (Å²) >= 11 is 0. The monoisotopic (exact) mass is 492 g/mol. The number of methoxy groups -OCH3 is 1. The van der Waals surface area contributed by atoms with Crippen molar-refractivity contribution in [3.05, 3.63) is 24.3 Å². The highest BCUT2D eigenvalue weighted by Gasteiger charge is 2.10. The van der Waals surface area contributed by atoms with E-state index in [1.165, 1.54) is 0 Å². The highest BCUT2D eigenvalue weighted by molar-refractivity contribution is 14.0. The fraction of sp³-hybridized carbons (Fsp3) is 0.579. The number of hydrogen-bond donors (Lipinski definition) is 3. The molecule has 0 aliphatic carbocycles. The van der Waals surface area contributed by atoms with Crippen LogP contribution >= 0.6 is 24.0 Å². The first-order valence-corrected chi connectivity index (χ1v) is 9.03. The van der Waals surface area contributed by atoms with Crippen LogP contribution < -0.4 is 25.4 Å². The zero-order valence-corrected chi connectivity index (χ0v) is 19.2. The number of nitrogens with one attached hydrogen (secondary N) is 3. The van der Waals surface area contributed by atoms with Gasteiger partial charge in [-0.25, -0.2) is 0 Å². The van der Waals surface area contributed by atoms with E-state index in [-0.39, 0.29) is 42.0 Å². The van der Waals surface area contributed by atoms with Gasteiger partial charge < -0.3 is 25.4 Å². The summed E-state index contributed by atoms with van der Waals surface area (Å²) in [7, 11) is 3.31. The standard InChI is InChI=1S/C19H32N4O3.HI/c1-6-14(2)23-18(24)11-12-21-19(20-4)22-13-15(3)26-17-10-8-7-9-16(17)25-5;/h7-10,14-15H,6,11-13H2,1-5H3,(H,23,24)(H2,20,21,22);1H. The van der Waals surface area contributed by atoms with Crippen molar-refractivity contribution in [1.82, 2.24) is 16.0 Å². The van der Waals surface area contributed by atoms with E-state index in [4.69, 9.17) is 9.47 Å². The second kappa shape index (κ2) is 14.4. The van der Waals surface area contributed by atoms with Gasteiger partial charge in [-0.15, -0.1) is 24.0 Å². The molecule has 27 heavy (non-hydrogen) atoms. The molecule has 0 saturated heterocycles. The zero-order valence-electron chi connectivity index (χ0n) is 16.9. The number of halogens is 1. The minimum atomic E-state index is -0.0847. The van der Waals surface area contributed by atoms with Crippen molar-refractivity contribution in [3.63, 3.8) is 0 Å². The quantitative estimate of drug-likeness (QED) is 0.266. The predicted molar refractivity (Wildman–Crippen MR) is 120 cm³/mol. The normalized spacial score (nSPS) is 13.0. The lowest BCUT2D eigenvalue weighted by Gasteiger charge is -2.19. The molecule has 154 valence electrons. The number of guanidine groups is 1. The summed E-state index contributed by atoms with van der Waals surface area (Å²) in [5.41, 5.74) is 0. The molecule has 0 fully saturated rings. The minimum Gasteiger partial charge on any atom is -0.493 e. The van der Waals surface area contributed by atoms with Crippen LogP contribution in [0.1, 0.15) is 33.6 Å². The molecule has 0 saturated carbocycles. The maximum atomic E-state index is 11.8. The number of ether oxygens (including phenoxy) is 2. The van der Waals surface area contributed by atoms with Crippen molar-refractivity contribution in [2.45, 2.75) is 45.8 Å². The molecule has 1 aromatic rings. The van der Waals surface area contributed by atoms with Gasteiger partial charge in [-0.2, -0.15) is 0 Å². The van der Waals surface area contributed by atoms with Crippen LogP contribution in [0.15, 0.2) is 29.3 Å². The van der Waals surface area contributed by atoms with Gasteiger partial charge in [0.2, 0.25) is 5.91 Å². The Bertz CT molecular complexity index is 584. The summed E-state index contributed by atoms with van der Waals surface area (Å²) in [6, 6.07) is 7.74. The molecule has 0 bridgehead atoms. The third-order valence-electron chi connectivity index (χ3n) is 3.84. The van der Waals surface area contributed by atoms with Gasteiger partial charge in [-0.05, 0) is 32.4 Å². The van der Waals surface area contributed by atoms with Gasteiger partial charge in [-0.1, -0.05) is 19.1 Å². The second-order valence-corrected chi connectivity index (χ2v) is 6.09. The fourth-order valence-electron chi connectivity index (χ4n) is 2.18. The van der Waals surface area contributed by atoms with Gasteiger partial charge >= 0.3 is 0 Å². The number of amides is 1. The molecule has 0 aromatic heterocycles. The summed E-state index contributed by atoms with van der Waals surface area (Å²) in [6.45, 7) is 7.09. The first-order valence-electron chi connectivity index (χ1n) is 9.03. The second-order valence-electron chi connectivity index (χ2n) is 6.09. The molecule has 8 heteroatoms. The Morgan fingerprint density at radius 3 is 2.44 bits per heavy atom. The summed E-state index contributed by atoms with van der Waals surface area (Å²) in [6.07, 6.45) is 1.24. The van der Waals surface area contributed by atoms with Gasteiger partial charge in [0.1, 0.15) is 6.10 Å². The summed E-state index contributed by atoms with van der Waals surface area (Å²) in [5, 5.41) is 9.26. The summed E-state index contributed by atoms with van der Waals surface area (Å²) < 4.78 is 11.2. The van der Waals surface area contributed by atoms with E-state index >= 15 is 0 Å². The van der Waals surface area contributed by atoms with E-state index in [0.29, 0.717) is 37.0 Å². The maximum absolute atomic E-state index is 11.8. The Morgan fingerprint density at radius 2 is 1.85 bits per heavy atom. The number of aliphatic imine (C=N–C) groups is 1. The summed E-state index contributed by atoms with van der Waals surface area (Å²) in [5.74, 6) is 2.08. The lowest BCUT2D eigenvalue weighted by atomic mass is 10.2. The van der Waals surface area contributed by atoms with Gasteiger partial charge in [0.05, 0.1) is 13.7 Å². The van der Waals surface area contributed by atoms with Crippen molar-refractivity contribution >= 4 is 35.8 Å². The Balaban J connectivity index is 0.00000676. The molecule has 0 aliphatic rings. The molecule has 2 atom stereocenters. The van der Waals surface area contributed by atoms with Gasteiger partial charge in [0.15, 0.2) is 17.5 Å². The van der Waals surface area contributed by atoms with E-state index in [9.17, 15) is 4.79 Å². The van der Waals surface area contributed by atoms with Crippen LogP contribution in [0.3, 0.4) is 0 Å². The molecule has 0 aliphatic heterocycles. The van der Waals surface area contributed by atoms with E-state index in [1.807, 2.05) is 45.0 Å². The molecule has 1 rings (SSSR count). The molecule has 2 unspecified atom stereocenters. The van der Waals surface area contributed by atoms with Crippen LogP contribution in [0.4, 0.5) is 0 Å². The average Bonchev–Trinajstić information content (AvgIpc) is 2.64. The van der Waals surface area contributed by atoms with Crippen molar-refractivity contribution in [1.29, 1.82) is 0 Å². The van der Waals surface area contributed by atoms with Crippen LogP contribution in [-0.4, -0.2) is 51.3 Å². The third-order valence-corrected chi connectivity index (χ3v) is 3.84. The molecular formula is C19H33IN4O3. The number of carbonyl (C=O) groups is 1. The molecule has 3 N–H and O–H groups in total. The van der Waals surface area contributed by atoms with Crippen molar-refractivity contribution < 1.29 is 14.3 Å². The van der Waals surface area contributed by atoms with Crippen LogP contribution in [0, 0.1) is 0 Å². The molecule has 7 nitrogen and oxygen atoms in total. The van der Waals surface area contributed by atoms with Crippen LogP contribution in [0.2, 0.25) is 0 Å². The largest absolute Gasteiger partial charge is 0.493 e. The molecule has 0 heterocycles. The van der Waals surface area contributed by atoms with Crippen molar-refractivity contribution in [3.8, 4) is 11.5 Å². The molecular weight excluding hydrogens is 459 g/mol. The first kappa shape index (κ1) is 25.3. The van der Waals surface area contributed by atoms with E-state index < -0.39 is 0 Å². The minimum absolute atomic E-state index is 0. The maximum Gasteiger partial charge on any atom is 0.221 e.